The van der Waals surface area contributed by atoms with E-state index < -0.39 is 0 Å². The molecule has 2 rings (SSSR count). The molecule has 29 heavy (non-hydrogen) atoms. The van der Waals surface area contributed by atoms with Crippen LogP contribution in [0.5, 0.6) is 0 Å². The molecule has 0 spiro atoms. The third-order valence-electron chi connectivity index (χ3n) is 5.54. The molecule has 0 radical (unpaired) electrons. The molecule has 0 fully saturated rings. The van der Waals surface area contributed by atoms with E-state index in [0.29, 0.717) is 0 Å². The van der Waals surface area contributed by atoms with Gasteiger partial charge >= 0.3 is 204 Å². The Bertz CT molecular complexity index is 755. The van der Waals surface area contributed by atoms with E-state index in [0.717, 1.165) is 6.54 Å². The molecule has 0 saturated carbocycles. The van der Waals surface area contributed by atoms with Crippen molar-refractivity contribution in [1.82, 2.24) is 4.90 Å². The summed E-state index contributed by atoms with van der Waals surface area (Å²) in [4.78, 5) is 2.28. The molecule has 0 bridgehead atoms. The molecule has 0 atom stereocenters. The van der Waals surface area contributed by atoms with E-state index in [1.807, 2.05) is 0 Å². The van der Waals surface area contributed by atoms with Gasteiger partial charge in [-0.25, -0.2) is 0 Å². The van der Waals surface area contributed by atoms with Gasteiger partial charge in [-0.2, -0.15) is 0 Å². The Morgan fingerprint density at radius 2 is 1.48 bits per heavy atom. The Kier molecular flexibility index (Phi) is 12.8. The normalized spacial score (nSPS) is 11.0. The second-order valence-electron chi connectivity index (χ2n) is 8.34. The van der Waals surface area contributed by atoms with Crippen LogP contribution in [0.3, 0.4) is 0 Å². The second kappa shape index (κ2) is 13.9. The van der Waals surface area contributed by atoms with Crippen molar-refractivity contribution in [2.75, 3.05) is 14.1 Å². The van der Waals surface area contributed by atoms with Crippen molar-refractivity contribution in [1.29, 1.82) is 0 Å². The van der Waals surface area contributed by atoms with E-state index in [1.165, 1.54) is 77.6 Å². The number of hydrogen-bond acceptors (Lipinski definition) is 1. The molecule has 2 aromatic rings. The summed E-state index contributed by atoms with van der Waals surface area (Å²) in [6, 6.07) is 11.6. The van der Waals surface area contributed by atoms with Crippen LogP contribution < -0.4 is 3.95 Å². The molecule has 0 aromatic heterocycles. The maximum absolute atomic E-state index is 2.49. The molecule has 0 heterocycles. The molecular formula is C26H39LiMoN. The fourth-order valence-corrected chi connectivity index (χ4v) is 5.03. The van der Waals surface area contributed by atoms with Gasteiger partial charge in [0.15, 0.2) is 0 Å². The summed E-state index contributed by atoms with van der Waals surface area (Å²) in [6.07, 6.45) is 10.2. The molecule has 0 aliphatic rings. The first-order chi connectivity index (χ1) is 13.5. The van der Waals surface area contributed by atoms with Crippen LogP contribution in [0.1, 0.15) is 74.6 Å². The number of rotatable bonds is 11. The Morgan fingerprint density at radius 3 is 2.10 bits per heavy atom. The van der Waals surface area contributed by atoms with Gasteiger partial charge in [0.25, 0.3) is 0 Å². The van der Waals surface area contributed by atoms with E-state index in [9.17, 15) is 0 Å². The van der Waals surface area contributed by atoms with Gasteiger partial charge in [-0.05, 0) is 0 Å². The molecule has 155 valence electrons. The van der Waals surface area contributed by atoms with Crippen molar-refractivity contribution in [3.8, 4) is 11.1 Å². The average Bonchev–Trinajstić information content (AvgIpc) is 2.66. The molecule has 0 unspecified atom stereocenters. The van der Waals surface area contributed by atoms with E-state index in [1.54, 1.807) is 11.1 Å². The minimum atomic E-state index is 0. The van der Waals surface area contributed by atoms with Crippen molar-refractivity contribution in [3.05, 3.63) is 52.6 Å². The summed E-state index contributed by atoms with van der Waals surface area (Å²) in [6.45, 7) is 7.91. The van der Waals surface area contributed by atoms with Crippen LogP contribution in [0.2, 0.25) is 0 Å². The fourth-order valence-electron chi connectivity index (χ4n) is 4.06. The number of nitrogens with zero attached hydrogens (tertiary/aromatic N) is 1. The second-order valence-corrected chi connectivity index (χ2v) is 9.35. The van der Waals surface area contributed by atoms with Crippen molar-refractivity contribution >= 4 is 22.8 Å². The van der Waals surface area contributed by atoms with Crippen LogP contribution >= 0.6 is 0 Å². The molecule has 2 aromatic carbocycles. The van der Waals surface area contributed by atoms with Gasteiger partial charge in [0.1, 0.15) is 0 Å². The SMILES string of the molecule is CCCCCc1cc(C)c(CCCCC)c(-c2ccccc2CN(C)C)[c]1[Mo].[LiH]. The minimum absolute atomic E-state index is 0. The Balaban J connectivity index is 0.00000420. The van der Waals surface area contributed by atoms with Crippen molar-refractivity contribution in [2.45, 2.75) is 78.7 Å². The molecule has 0 amide bonds. The molecule has 1 nitrogen and oxygen atoms in total. The van der Waals surface area contributed by atoms with Gasteiger partial charge in [-0.1, -0.05) is 0 Å². The van der Waals surface area contributed by atoms with E-state index in [-0.39, 0.29) is 18.9 Å². The van der Waals surface area contributed by atoms with Gasteiger partial charge < -0.3 is 0 Å². The standard InChI is InChI=1S/C26H38N.Li.Mo.H/c1-6-8-10-14-22-18-21(3)24(16-11-9-7-2)26(19-22)25-17-13-12-15-23(25)20-27(4)5;;;/h12-13,15,17-18H,6-11,14,16,20H2,1-5H3;;;. The average molecular weight is 468 g/mol. The summed E-state index contributed by atoms with van der Waals surface area (Å²) in [5.41, 5.74) is 9.06. The summed E-state index contributed by atoms with van der Waals surface area (Å²) in [7, 11) is 4.33. The van der Waals surface area contributed by atoms with Crippen LogP contribution in [-0.2, 0) is 39.2 Å². The Hall–Kier alpha value is -0.314. The zero-order chi connectivity index (χ0) is 20.5. The van der Waals surface area contributed by atoms with E-state index >= 15 is 0 Å². The summed E-state index contributed by atoms with van der Waals surface area (Å²) < 4.78 is 1.52. The predicted octanol–water partition coefficient (Wildman–Crippen LogP) is 5.71. The van der Waals surface area contributed by atoms with Crippen molar-refractivity contribution in [2.24, 2.45) is 0 Å². The zero-order valence-corrected chi connectivity index (χ0v) is 20.6. The van der Waals surface area contributed by atoms with Gasteiger partial charge in [0.05, 0.1) is 0 Å². The van der Waals surface area contributed by atoms with Gasteiger partial charge in [-0.3, -0.25) is 0 Å². The summed E-state index contributed by atoms with van der Waals surface area (Å²) >= 11 is 2.28. The quantitative estimate of drug-likeness (QED) is 0.302. The molecule has 0 aliphatic carbocycles. The first kappa shape index (κ1) is 26.7. The Morgan fingerprint density at radius 1 is 0.862 bits per heavy atom. The number of aryl methyl sites for hydroxylation is 2. The first-order valence-corrected chi connectivity index (χ1v) is 12.0. The van der Waals surface area contributed by atoms with Gasteiger partial charge in [0.2, 0.25) is 0 Å². The number of benzene rings is 2. The van der Waals surface area contributed by atoms with Crippen LogP contribution in [0.25, 0.3) is 11.1 Å². The van der Waals surface area contributed by atoms with Gasteiger partial charge in [-0.15, -0.1) is 0 Å². The maximum atomic E-state index is 2.49. The van der Waals surface area contributed by atoms with E-state index in [4.69, 9.17) is 0 Å². The summed E-state index contributed by atoms with van der Waals surface area (Å²) in [5, 5.41) is 0. The predicted molar refractivity (Wildman–Crippen MR) is 127 cm³/mol. The molecule has 0 saturated heterocycles. The first-order valence-electron chi connectivity index (χ1n) is 11.0. The third kappa shape index (κ3) is 7.71. The molecular weight excluding hydrogens is 429 g/mol. The zero-order valence-electron chi connectivity index (χ0n) is 18.6. The third-order valence-corrected chi connectivity index (χ3v) is 6.69. The van der Waals surface area contributed by atoms with Crippen LogP contribution in [-0.4, -0.2) is 37.9 Å². The topological polar surface area (TPSA) is 3.24 Å². The van der Waals surface area contributed by atoms with Crippen LogP contribution in [0, 0.1) is 6.92 Å². The molecule has 0 aliphatic heterocycles. The number of hydrogen-bond donors (Lipinski definition) is 0. The molecule has 3 heteroatoms. The van der Waals surface area contributed by atoms with Crippen LogP contribution in [0.15, 0.2) is 30.3 Å². The van der Waals surface area contributed by atoms with Crippen molar-refractivity contribution in [3.63, 3.8) is 0 Å². The van der Waals surface area contributed by atoms with Crippen molar-refractivity contribution < 1.29 is 19.8 Å². The van der Waals surface area contributed by atoms with Gasteiger partial charge in [0, 0.05) is 0 Å². The van der Waals surface area contributed by atoms with E-state index in [2.05, 4.69) is 89.9 Å². The fraction of sp³-hybridized carbons (Fsp3) is 0.538. The number of unbranched alkanes of at least 4 members (excludes halogenated alkanes) is 4. The summed E-state index contributed by atoms with van der Waals surface area (Å²) in [5.74, 6) is 0. The van der Waals surface area contributed by atoms with Crippen LogP contribution in [0.4, 0.5) is 0 Å². The Labute approximate surface area is 203 Å². The molecule has 0 N–H and O–H groups in total. The monoisotopic (exact) mass is 470 g/mol.